The Morgan fingerprint density at radius 2 is 1.67 bits per heavy atom. The number of fused-ring (bicyclic) bond motifs is 4. The molecule has 214 valence electrons. The van der Waals surface area contributed by atoms with Crippen LogP contribution in [-0.2, 0) is 39.9 Å². The largest absolute Gasteiger partial charge is 0.326 e. The van der Waals surface area contributed by atoms with E-state index < -0.39 is 28.1 Å². The number of carbonyl (C=O) groups excluding carboxylic acids is 2. The Morgan fingerprint density at radius 1 is 0.952 bits per heavy atom. The molecular formula is C33H31F2N5O2. The molecule has 1 unspecified atom stereocenters. The highest BCUT2D eigenvalue weighted by Crippen LogP contribution is 2.47. The topological polar surface area (TPSA) is 78.4 Å². The SMILES string of the molecule is CN1CC(C)(c2cc(F)cc(F)c2)N(Cc2cnc3cc4c(cc3c2)C[C@@]2(C4)C(=O)Nc3ncccc32)C(=O)C1(C)C. The molecule has 7 rings (SSSR count). The van der Waals surface area contributed by atoms with E-state index in [4.69, 9.17) is 4.98 Å². The molecule has 3 aliphatic rings. The van der Waals surface area contributed by atoms with E-state index in [0.717, 1.165) is 39.2 Å². The molecule has 9 heteroatoms. The van der Waals surface area contributed by atoms with E-state index in [0.29, 0.717) is 30.8 Å². The van der Waals surface area contributed by atoms with Gasteiger partial charge in [0.2, 0.25) is 11.8 Å². The van der Waals surface area contributed by atoms with Crippen molar-refractivity contribution in [2.45, 2.75) is 56.7 Å². The maximum atomic E-state index is 14.4. The van der Waals surface area contributed by atoms with E-state index in [1.165, 1.54) is 12.1 Å². The maximum absolute atomic E-state index is 14.4. The molecule has 0 bridgehead atoms. The second-order valence-electron chi connectivity index (χ2n) is 12.7. The van der Waals surface area contributed by atoms with Crippen molar-refractivity contribution in [3.8, 4) is 0 Å². The number of hydrogen-bond donors (Lipinski definition) is 1. The van der Waals surface area contributed by atoms with Crippen LogP contribution in [0.1, 0.15) is 48.6 Å². The molecule has 1 N–H and O–H groups in total. The monoisotopic (exact) mass is 567 g/mol. The molecule has 2 aliphatic heterocycles. The van der Waals surface area contributed by atoms with Crippen molar-refractivity contribution in [1.29, 1.82) is 0 Å². The predicted octanol–water partition coefficient (Wildman–Crippen LogP) is 4.86. The lowest BCUT2D eigenvalue weighted by atomic mass is 9.79. The summed E-state index contributed by atoms with van der Waals surface area (Å²) >= 11 is 0. The van der Waals surface area contributed by atoms with Crippen molar-refractivity contribution in [3.63, 3.8) is 0 Å². The van der Waals surface area contributed by atoms with E-state index in [1.54, 1.807) is 17.3 Å². The van der Waals surface area contributed by atoms with Gasteiger partial charge in [0.25, 0.3) is 0 Å². The first-order valence-corrected chi connectivity index (χ1v) is 14.1. The number of likely N-dealkylation sites (N-methyl/N-ethyl adjacent to an activating group) is 1. The van der Waals surface area contributed by atoms with Crippen LogP contribution in [-0.4, -0.2) is 50.7 Å². The molecule has 1 spiro atoms. The van der Waals surface area contributed by atoms with Crippen LogP contribution in [0.4, 0.5) is 14.6 Å². The van der Waals surface area contributed by atoms with E-state index >= 15 is 0 Å². The summed E-state index contributed by atoms with van der Waals surface area (Å²) in [5, 5.41) is 3.86. The van der Waals surface area contributed by atoms with Gasteiger partial charge in [-0.25, -0.2) is 13.8 Å². The van der Waals surface area contributed by atoms with Gasteiger partial charge in [0.15, 0.2) is 0 Å². The summed E-state index contributed by atoms with van der Waals surface area (Å²) in [5.74, 6) is -0.909. The van der Waals surface area contributed by atoms with Gasteiger partial charge < -0.3 is 10.2 Å². The van der Waals surface area contributed by atoms with Gasteiger partial charge in [-0.1, -0.05) is 6.07 Å². The number of nitrogens with one attached hydrogen (secondary N) is 1. The van der Waals surface area contributed by atoms with Crippen molar-refractivity contribution in [1.82, 2.24) is 19.8 Å². The number of carbonyl (C=O) groups is 2. The number of anilines is 1. The van der Waals surface area contributed by atoms with Crippen molar-refractivity contribution in [3.05, 3.63) is 100 Å². The first-order chi connectivity index (χ1) is 19.9. The fourth-order valence-electron chi connectivity index (χ4n) is 7.04. The molecule has 0 saturated carbocycles. The van der Waals surface area contributed by atoms with Gasteiger partial charge in [-0.2, -0.15) is 0 Å². The number of hydrogen-bond acceptors (Lipinski definition) is 5. The lowest BCUT2D eigenvalue weighted by molar-refractivity contribution is -0.161. The number of aromatic nitrogens is 2. The summed E-state index contributed by atoms with van der Waals surface area (Å²) in [6.45, 7) is 6.18. The van der Waals surface area contributed by atoms with Crippen LogP contribution in [0.3, 0.4) is 0 Å². The Balaban J connectivity index is 1.26. The van der Waals surface area contributed by atoms with Crippen molar-refractivity contribution in [2.75, 3.05) is 18.9 Å². The van der Waals surface area contributed by atoms with Gasteiger partial charge in [-0.05, 0) is 99.3 Å². The predicted molar refractivity (Wildman–Crippen MR) is 155 cm³/mol. The summed E-state index contributed by atoms with van der Waals surface area (Å²) in [4.78, 5) is 39.9. The summed E-state index contributed by atoms with van der Waals surface area (Å²) in [7, 11) is 1.85. The average Bonchev–Trinajstić information content (AvgIpc) is 3.44. The van der Waals surface area contributed by atoms with Crippen LogP contribution >= 0.6 is 0 Å². The third-order valence-electron chi connectivity index (χ3n) is 9.72. The van der Waals surface area contributed by atoms with E-state index in [1.807, 2.05) is 50.9 Å². The number of piperazine rings is 1. The Labute approximate surface area is 242 Å². The Hall–Kier alpha value is -4.24. The van der Waals surface area contributed by atoms with Gasteiger partial charge in [-0.3, -0.25) is 19.5 Å². The Bertz CT molecular complexity index is 1800. The van der Waals surface area contributed by atoms with Crippen LogP contribution in [0.5, 0.6) is 0 Å². The summed E-state index contributed by atoms with van der Waals surface area (Å²) in [6, 6.07) is 13.4. The van der Waals surface area contributed by atoms with E-state index in [-0.39, 0.29) is 18.4 Å². The number of rotatable bonds is 3. The zero-order valence-corrected chi connectivity index (χ0v) is 24.0. The summed E-state index contributed by atoms with van der Waals surface area (Å²) in [5.41, 5.74) is 2.64. The minimum Gasteiger partial charge on any atom is -0.326 e. The minimum atomic E-state index is -0.985. The number of amides is 2. The molecule has 2 atom stereocenters. The first-order valence-electron chi connectivity index (χ1n) is 14.1. The molecule has 1 aliphatic carbocycles. The van der Waals surface area contributed by atoms with Crippen LogP contribution in [0.2, 0.25) is 0 Å². The van der Waals surface area contributed by atoms with Gasteiger partial charge in [0.05, 0.1) is 22.0 Å². The number of halogens is 2. The molecule has 2 aromatic carbocycles. The second-order valence-corrected chi connectivity index (χ2v) is 12.7. The Kier molecular flexibility index (Phi) is 5.63. The number of benzene rings is 2. The van der Waals surface area contributed by atoms with Gasteiger partial charge >= 0.3 is 0 Å². The van der Waals surface area contributed by atoms with Crippen molar-refractivity contribution in [2.24, 2.45) is 0 Å². The Morgan fingerprint density at radius 3 is 2.40 bits per heavy atom. The molecule has 0 radical (unpaired) electrons. The lowest BCUT2D eigenvalue weighted by Gasteiger charge is -2.54. The standard InChI is InChI=1S/C33H31F2N5O2/c1-31(2)30(42)40(32(3,18-39(31)4)23-11-24(34)13-25(35)12-23)17-19-8-20-9-21-14-33(15-22(21)10-27(20)37-16-19)26-6-5-7-36-28(26)38-29(33)41/h5-13,16H,14-15,17-18H2,1-4H3,(H,36,38,41)/t32?,33-/m0/s1. The highest BCUT2D eigenvalue weighted by atomic mass is 19.1. The molecule has 2 aromatic heterocycles. The molecule has 4 aromatic rings. The quantitative estimate of drug-likeness (QED) is 0.383. The van der Waals surface area contributed by atoms with Crippen LogP contribution in [0.25, 0.3) is 10.9 Å². The van der Waals surface area contributed by atoms with E-state index in [2.05, 4.69) is 22.4 Å². The molecule has 7 nitrogen and oxygen atoms in total. The normalized spacial score (nSPS) is 24.8. The van der Waals surface area contributed by atoms with Gasteiger partial charge in [0, 0.05) is 42.5 Å². The maximum Gasteiger partial charge on any atom is 0.243 e. The van der Waals surface area contributed by atoms with Gasteiger partial charge in [-0.15, -0.1) is 0 Å². The molecule has 2 amide bonds. The van der Waals surface area contributed by atoms with E-state index in [9.17, 15) is 18.4 Å². The second kappa shape index (κ2) is 8.88. The fraction of sp³-hybridized carbons (Fsp3) is 0.333. The fourth-order valence-corrected chi connectivity index (χ4v) is 7.04. The molecule has 1 saturated heterocycles. The summed E-state index contributed by atoms with van der Waals surface area (Å²) < 4.78 is 28.7. The van der Waals surface area contributed by atoms with Crippen molar-refractivity contribution >= 4 is 28.5 Å². The first kappa shape index (κ1) is 26.6. The highest BCUT2D eigenvalue weighted by molar-refractivity contribution is 6.06. The molecule has 42 heavy (non-hydrogen) atoms. The number of nitrogens with zero attached hydrogens (tertiary/aromatic N) is 4. The van der Waals surface area contributed by atoms with Gasteiger partial charge in [0.1, 0.15) is 17.5 Å². The van der Waals surface area contributed by atoms with Crippen LogP contribution in [0, 0.1) is 11.6 Å². The molecule has 4 heterocycles. The third kappa shape index (κ3) is 3.79. The summed E-state index contributed by atoms with van der Waals surface area (Å²) in [6.07, 6.45) is 4.59. The zero-order chi connectivity index (χ0) is 29.6. The highest BCUT2D eigenvalue weighted by Gasteiger charge is 2.52. The van der Waals surface area contributed by atoms with Crippen LogP contribution in [0.15, 0.2) is 60.9 Å². The lowest BCUT2D eigenvalue weighted by Crippen LogP contribution is -2.68. The van der Waals surface area contributed by atoms with Crippen LogP contribution < -0.4 is 5.32 Å². The van der Waals surface area contributed by atoms with Crippen molar-refractivity contribution < 1.29 is 18.4 Å². The average molecular weight is 568 g/mol. The molecule has 1 fully saturated rings. The molecular weight excluding hydrogens is 536 g/mol. The number of pyridine rings is 2. The zero-order valence-electron chi connectivity index (χ0n) is 24.0. The minimum absolute atomic E-state index is 0.0330. The smallest absolute Gasteiger partial charge is 0.243 e. The third-order valence-corrected chi connectivity index (χ3v) is 9.72.